The van der Waals surface area contributed by atoms with Crippen LogP contribution in [0.2, 0.25) is 0 Å². The van der Waals surface area contributed by atoms with E-state index >= 15 is 0 Å². The predicted octanol–water partition coefficient (Wildman–Crippen LogP) is 6.00. The van der Waals surface area contributed by atoms with E-state index < -0.39 is 0 Å². The fourth-order valence-electron chi connectivity index (χ4n) is 3.90. The van der Waals surface area contributed by atoms with Crippen LogP contribution >= 0.6 is 0 Å². The summed E-state index contributed by atoms with van der Waals surface area (Å²) in [5, 5.41) is 3.08. The highest BCUT2D eigenvalue weighted by Gasteiger charge is 2.14. The molecule has 32 heavy (non-hydrogen) atoms. The first-order chi connectivity index (χ1) is 15.8. The van der Waals surface area contributed by atoms with E-state index in [1.807, 2.05) is 42.5 Å². The van der Waals surface area contributed by atoms with Gasteiger partial charge in [-0.05, 0) is 24.0 Å². The zero-order valence-corrected chi connectivity index (χ0v) is 18.1. The molecule has 0 bridgehead atoms. The van der Waals surface area contributed by atoms with Gasteiger partial charge in [0.25, 0.3) is 0 Å². The zero-order chi connectivity index (χ0) is 22.0. The summed E-state index contributed by atoms with van der Waals surface area (Å²) >= 11 is 0. The van der Waals surface area contributed by atoms with E-state index in [2.05, 4.69) is 58.8 Å². The van der Waals surface area contributed by atoms with Crippen LogP contribution in [0.3, 0.4) is 0 Å². The van der Waals surface area contributed by atoms with E-state index in [9.17, 15) is 4.79 Å². The molecule has 4 heteroatoms. The number of rotatable bonds is 10. The van der Waals surface area contributed by atoms with E-state index in [1.165, 1.54) is 11.1 Å². The van der Waals surface area contributed by atoms with Crippen LogP contribution in [0.1, 0.15) is 42.2 Å². The van der Waals surface area contributed by atoms with Crippen LogP contribution in [0.4, 0.5) is 0 Å². The largest absolute Gasteiger partial charge is 0.441 e. The lowest BCUT2D eigenvalue weighted by Gasteiger charge is -2.18. The molecule has 0 radical (unpaired) electrons. The number of carbonyl (C=O) groups excluding carboxylic acids is 1. The monoisotopic (exact) mass is 424 g/mol. The molecular formula is C28H28N2O2. The van der Waals surface area contributed by atoms with Gasteiger partial charge in [-0.25, -0.2) is 4.98 Å². The lowest BCUT2D eigenvalue weighted by Crippen LogP contribution is -2.25. The number of aryl methyl sites for hydroxylation is 1. The minimum atomic E-state index is 0.0692. The second-order valence-corrected chi connectivity index (χ2v) is 7.85. The first-order valence-corrected chi connectivity index (χ1v) is 11.2. The SMILES string of the molecule is O=C(CCCc1ncc(-c2ccccc2)o1)NCCC(c1ccccc1)c1ccccc1. The summed E-state index contributed by atoms with van der Waals surface area (Å²) in [6.07, 6.45) is 4.43. The first kappa shape index (κ1) is 21.6. The first-order valence-electron chi connectivity index (χ1n) is 11.2. The Hall–Kier alpha value is -3.66. The van der Waals surface area contributed by atoms with Gasteiger partial charge in [0.15, 0.2) is 11.7 Å². The van der Waals surface area contributed by atoms with E-state index in [0.717, 1.165) is 17.7 Å². The molecule has 4 aromatic rings. The normalized spacial score (nSPS) is 10.9. The molecule has 0 aliphatic heterocycles. The number of benzene rings is 3. The average molecular weight is 425 g/mol. The van der Waals surface area contributed by atoms with Crippen molar-refractivity contribution in [3.63, 3.8) is 0 Å². The van der Waals surface area contributed by atoms with Gasteiger partial charge >= 0.3 is 0 Å². The molecule has 0 saturated carbocycles. The second kappa shape index (κ2) is 11.1. The van der Waals surface area contributed by atoms with Gasteiger partial charge in [0.2, 0.25) is 5.91 Å². The standard InChI is InChI=1S/C28H28N2O2/c31-27(17-10-18-28-30-21-26(32-28)24-15-8-3-9-16-24)29-20-19-25(22-11-4-1-5-12-22)23-13-6-2-7-14-23/h1-9,11-16,21,25H,10,17-20H2,(H,29,31). The van der Waals surface area contributed by atoms with Gasteiger partial charge in [-0.15, -0.1) is 0 Å². The molecule has 0 atom stereocenters. The maximum Gasteiger partial charge on any atom is 0.220 e. The van der Waals surface area contributed by atoms with E-state index in [4.69, 9.17) is 4.42 Å². The van der Waals surface area contributed by atoms with Gasteiger partial charge in [0, 0.05) is 30.9 Å². The maximum atomic E-state index is 12.4. The molecule has 0 fully saturated rings. The molecule has 162 valence electrons. The summed E-state index contributed by atoms with van der Waals surface area (Å²) in [6.45, 7) is 0.643. The Morgan fingerprint density at radius 3 is 2.06 bits per heavy atom. The van der Waals surface area contributed by atoms with Crippen molar-refractivity contribution >= 4 is 5.91 Å². The lowest BCUT2D eigenvalue weighted by atomic mass is 9.88. The van der Waals surface area contributed by atoms with Gasteiger partial charge in [0.05, 0.1) is 6.20 Å². The van der Waals surface area contributed by atoms with Crippen molar-refractivity contribution in [2.45, 2.75) is 31.6 Å². The van der Waals surface area contributed by atoms with Crippen molar-refractivity contribution in [1.82, 2.24) is 10.3 Å². The molecule has 0 spiro atoms. The third kappa shape index (κ3) is 5.94. The van der Waals surface area contributed by atoms with Crippen molar-refractivity contribution in [2.75, 3.05) is 6.54 Å². The fraction of sp³-hybridized carbons (Fsp3) is 0.214. The fourth-order valence-corrected chi connectivity index (χ4v) is 3.90. The highest BCUT2D eigenvalue weighted by atomic mass is 16.4. The van der Waals surface area contributed by atoms with Crippen molar-refractivity contribution in [3.8, 4) is 11.3 Å². The third-order valence-corrected chi connectivity index (χ3v) is 5.57. The molecule has 1 heterocycles. The Bertz CT molecular complexity index is 1050. The quantitative estimate of drug-likeness (QED) is 0.339. The number of nitrogens with zero attached hydrogens (tertiary/aromatic N) is 1. The van der Waals surface area contributed by atoms with Gasteiger partial charge in [-0.3, -0.25) is 4.79 Å². The lowest BCUT2D eigenvalue weighted by molar-refractivity contribution is -0.121. The number of amides is 1. The van der Waals surface area contributed by atoms with Crippen LogP contribution in [0.25, 0.3) is 11.3 Å². The molecule has 0 saturated heterocycles. The Morgan fingerprint density at radius 2 is 1.44 bits per heavy atom. The number of aromatic nitrogens is 1. The number of nitrogens with one attached hydrogen (secondary N) is 1. The molecule has 0 unspecified atom stereocenters. The van der Waals surface area contributed by atoms with E-state index in [1.54, 1.807) is 6.20 Å². The summed E-state index contributed by atoms with van der Waals surface area (Å²) in [6, 6.07) is 30.8. The minimum Gasteiger partial charge on any atom is -0.441 e. The Morgan fingerprint density at radius 1 is 0.844 bits per heavy atom. The van der Waals surface area contributed by atoms with Gasteiger partial charge in [-0.1, -0.05) is 91.0 Å². The number of hydrogen-bond donors (Lipinski definition) is 1. The molecule has 3 aromatic carbocycles. The Balaban J connectivity index is 1.24. The van der Waals surface area contributed by atoms with Crippen LogP contribution in [0.15, 0.2) is 102 Å². The second-order valence-electron chi connectivity index (χ2n) is 7.85. The van der Waals surface area contributed by atoms with Crippen LogP contribution < -0.4 is 5.32 Å². The summed E-state index contributed by atoms with van der Waals surface area (Å²) in [5.74, 6) is 1.77. The minimum absolute atomic E-state index is 0.0692. The summed E-state index contributed by atoms with van der Waals surface area (Å²) in [4.78, 5) is 16.7. The van der Waals surface area contributed by atoms with Gasteiger partial charge < -0.3 is 9.73 Å². The van der Waals surface area contributed by atoms with Gasteiger partial charge in [0.1, 0.15) is 0 Å². The Kier molecular flexibility index (Phi) is 7.48. The molecule has 1 amide bonds. The zero-order valence-electron chi connectivity index (χ0n) is 18.1. The molecule has 0 aliphatic rings. The van der Waals surface area contributed by atoms with Crippen molar-refractivity contribution in [2.24, 2.45) is 0 Å². The van der Waals surface area contributed by atoms with Crippen LogP contribution in [-0.2, 0) is 11.2 Å². The van der Waals surface area contributed by atoms with Crippen LogP contribution in [-0.4, -0.2) is 17.4 Å². The van der Waals surface area contributed by atoms with Crippen LogP contribution in [0.5, 0.6) is 0 Å². The topological polar surface area (TPSA) is 55.1 Å². The highest BCUT2D eigenvalue weighted by Crippen LogP contribution is 2.27. The van der Waals surface area contributed by atoms with E-state index in [0.29, 0.717) is 31.7 Å². The summed E-state index contributed by atoms with van der Waals surface area (Å²) in [7, 11) is 0. The van der Waals surface area contributed by atoms with Crippen molar-refractivity contribution < 1.29 is 9.21 Å². The summed E-state index contributed by atoms with van der Waals surface area (Å²) < 4.78 is 5.82. The number of oxazole rings is 1. The van der Waals surface area contributed by atoms with E-state index in [-0.39, 0.29) is 11.8 Å². The van der Waals surface area contributed by atoms with Crippen molar-refractivity contribution in [1.29, 1.82) is 0 Å². The molecular weight excluding hydrogens is 396 g/mol. The van der Waals surface area contributed by atoms with Crippen LogP contribution in [0, 0.1) is 0 Å². The third-order valence-electron chi connectivity index (χ3n) is 5.57. The molecule has 4 nitrogen and oxygen atoms in total. The molecule has 4 rings (SSSR count). The average Bonchev–Trinajstić information content (AvgIpc) is 3.32. The molecule has 0 aliphatic carbocycles. The predicted molar refractivity (Wildman–Crippen MR) is 127 cm³/mol. The smallest absolute Gasteiger partial charge is 0.220 e. The maximum absolute atomic E-state index is 12.4. The Labute approximate surface area is 189 Å². The van der Waals surface area contributed by atoms with Crippen molar-refractivity contribution in [3.05, 3.63) is 114 Å². The molecule has 1 aromatic heterocycles. The number of carbonyl (C=O) groups is 1. The molecule has 1 N–H and O–H groups in total. The highest BCUT2D eigenvalue weighted by molar-refractivity contribution is 5.75. The summed E-state index contributed by atoms with van der Waals surface area (Å²) in [5.41, 5.74) is 3.55. The van der Waals surface area contributed by atoms with Gasteiger partial charge in [-0.2, -0.15) is 0 Å². The number of hydrogen-bond acceptors (Lipinski definition) is 3.